The summed E-state index contributed by atoms with van der Waals surface area (Å²) in [5.41, 5.74) is 0.311. The zero-order valence-electron chi connectivity index (χ0n) is 9.39. The molecule has 1 rings (SSSR count). The summed E-state index contributed by atoms with van der Waals surface area (Å²) >= 11 is 10.8. The van der Waals surface area contributed by atoms with Gasteiger partial charge in [-0.2, -0.15) is 25.9 Å². The highest BCUT2D eigenvalue weighted by Crippen LogP contribution is 2.39. The van der Waals surface area contributed by atoms with Crippen molar-refractivity contribution >= 4 is 29.2 Å². The molecule has 0 heterocycles. The Balaban J connectivity index is 2.80. The quantitative estimate of drug-likeness (QED) is 0.584. The Labute approximate surface area is 115 Å². The average Bonchev–Trinajstić information content (AvgIpc) is 2.28. The van der Waals surface area contributed by atoms with Crippen molar-refractivity contribution in [3.05, 3.63) is 24.3 Å². The lowest BCUT2D eigenvalue weighted by Crippen LogP contribution is -2.48. The largest absolute Gasteiger partial charge is 0.484 e. The first-order valence-electron chi connectivity index (χ1n) is 4.88. The second-order valence-corrected chi connectivity index (χ2v) is 4.46. The van der Waals surface area contributed by atoms with Crippen molar-refractivity contribution in [3.63, 3.8) is 0 Å². The van der Waals surface area contributed by atoms with Crippen molar-refractivity contribution < 1.29 is 26.7 Å². The molecule has 1 aromatic rings. The molecule has 0 aliphatic rings. The number of rotatable bonds is 4. The molecule has 0 saturated carbocycles. The zero-order chi connectivity index (χ0) is 14.8. The topological polar surface area (TPSA) is 12.5 Å². The summed E-state index contributed by atoms with van der Waals surface area (Å²) in [5, 5.41) is 0. The van der Waals surface area contributed by atoms with E-state index in [1.54, 1.807) is 0 Å². The molecule has 0 aliphatic heterocycles. The minimum atomic E-state index is -5.67. The summed E-state index contributed by atoms with van der Waals surface area (Å²) < 4.78 is 67.4. The molecule has 1 atom stereocenters. The van der Waals surface area contributed by atoms with Crippen molar-refractivity contribution in [2.75, 3.05) is 3.94 Å². The highest BCUT2D eigenvalue weighted by atomic mass is 35.5. The predicted octanol–water partition coefficient (Wildman–Crippen LogP) is 4.77. The van der Waals surface area contributed by atoms with E-state index < -0.39 is 18.2 Å². The molecule has 108 valence electrons. The smallest absolute Gasteiger partial charge is 0.457 e. The molecule has 0 radical (unpaired) electrons. The molecule has 2 nitrogen and oxygen atoms in total. The van der Waals surface area contributed by atoms with Crippen molar-refractivity contribution in [2.45, 2.75) is 25.1 Å². The van der Waals surface area contributed by atoms with E-state index in [2.05, 4.69) is 4.74 Å². The number of anilines is 1. The van der Waals surface area contributed by atoms with Gasteiger partial charge in [0.2, 0.25) is 0 Å². The number of benzene rings is 1. The molecule has 0 aromatic heterocycles. The molecule has 0 bridgehead atoms. The Kier molecular flexibility index (Phi) is 4.73. The highest BCUT2D eigenvalue weighted by Gasteiger charge is 2.62. The minimum Gasteiger partial charge on any atom is -0.484 e. The summed E-state index contributed by atoms with van der Waals surface area (Å²) in [6.07, 6.45) is -8.03. The molecular weight excluding hydrogens is 316 g/mol. The van der Waals surface area contributed by atoms with Gasteiger partial charge >= 0.3 is 12.1 Å². The highest BCUT2D eigenvalue weighted by molar-refractivity contribution is 6.49. The first-order chi connectivity index (χ1) is 8.55. The molecule has 0 fully saturated rings. The fraction of sp³-hybridized carbons (Fsp3) is 0.400. The maximum atomic E-state index is 12.9. The van der Waals surface area contributed by atoms with E-state index in [-0.39, 0.29) is 5.75 Å². The van der Waals surface area contributed by atoms with Crippen molar-refractivity contribution in [1.29, 1.82) is 0 Å². The Bertz CT molecular complexity index is 421. The van der Waals surface area contributed by atoms with Crippen LogP contribution in [0.3, 0.4) is 0 Å². The van der Waals surface area contributed by atoms with Crippen LogP contribution in [0.5, 0.6) is 5.75 Å². The van der Waals surface area contributed by atoms with Crippen molar-refractivity contribution in [2.24, 2.45) is 0 Å². The number of alkyl halides is 5. The summed E-state index contributed by atoms with van der Waals surface area (Å²) in [5.74, 6) is -5.10. The number of nitrogens with zero attached hydrogens (tertiary/aromatic N) is 1. The Morgan fingerprint density at radius 2 is 1.53 bits per heavy atom. The molecule has 1 aromatic carbocycles. The molecule has 0 N–H and O–H groups in total. The van der Waals surface area contributed by atoms with Gasteiger partial charge in [0, 0.05) is 23.6 Å². The van der Waals surface area contributed by atoms with Gasteiger partial charge in [0.1, 0.15) is 5.75 Å². The molecule has 1 unspecified atom stereocenters. The molecule has 0 aliphatic carbocycles. The van der Waals surface area contributed by atoms with Crippen LogP contribution in [0.4, 0.5) is 27.6 Å². The monoisotopic (exact) mass is 323 g/mol. The van der Waals surface area contributed by atoms with Crippen LogP contribution in [0.1, 0.15) is 6.92 Å². The second-order valence-electron chi connectivity index (χ2n) is 3.61. The van der Waals surface area contributed by atoms with Gasteiger partial charge in [-0.1, -0.05) is 0 Å². The average molecular weight is 324 g/mol. The van der Waals surface area contributed by atoms with E-state index in [0.717, 1.165) is 0 Å². The predicted molar refractivity (Wildman–Crippen MR) is 61.7 cm³/mol. The lowest BCUT2D eigenvalue weighted by Gasteiger charge is -2.26. The Morgan fingerprint density at radius 3 is 1.89 bits per heavy atom. The van der Waals surface area contributed by atoms with Gasteiger partial charge in [-0.05, 0) is 31.2 Å². The minimum absolute atomic E-state index is 0.157. The lowest BCUT2D eigenvalue weighted by molar-refractivity contribution is -0.306. The molecule has 0 saturated heterocycles. The normalized spacial score (nSPS) is 14.1. The van der Waals surface area contributed by atoms with Gasteiger partial charge in [-0.25, -0.2) is 0 Å². The standard InChI is InChI=1S/C10H8Cl2F5NO/c1-6(9(13,14)10(15,16)17)19-8-4-2-7(3-5-8)18(11)12/h2-6H,1H3. The maximum absolute atomic E-state index is 12.9. The molecule has 9 heteroatoms. The summed E-state index contributed by atoms with van der Waals surface area (Å²) in [6.45, 7) is 0.636. The fourth-order valence-corrected chi connectivity index (χ4v) is 1.37. The maximum Gasteiger partial charge on any atom is 0.457 e. The van der Waals surface area contributed by atoms with Gasteiger partial charge in [0.25, 0.3) is 0 Å². The third kappa shape index (κ3) is 3.76. The number of hydrogen-bond acceptors (Lipinski definition) is 2. The van der Waals surface area contributed by atoms with Crippen LogP contribution < -0.4 is 8.67 Å². The van der Waals surface area contributed by atoms with Crippen LogP contribution in [0, 0.1) is 0 Å². The molecule has 0 amide bonds. The van der Waals surface area contributed by atoms with Gasteiger partial charge < -0.3 is 4.74 Å². The second kappa shape index (κ2) is 5.58. The van der Waals surface area contributed by atoms with Crippen LogP contribution in [0.2, 0.25) is 0 Å². The van der Waals surface area contributed by atoms with Crippen LogP contribution in [-0.4, -0.2) is 18.2 Å². The first-order valence-corrected chi connectivity index (χ1v) is 5.56. The lowest BCUT2D eigenvalue weighted by atomic mass is 10.2. The van der Waals surface area contributed by atoms with E-state index in [0.29, 0.717) is 16.5 Å². The van der Waals surface area contributed by atoms with Crippen LogP contribution in [0.25, 0.3) is 0 Å². The SMILES string of the molecule is CC(Oc1ccc(N(Cl)Cl)cc1)C(F)(F)C(F)(F)F. The third-order valence-corrected chi connectivity index (χ3v) is 2.62. The van der Waals surface area contributed by atoms with E-state index >= 15 is 0 Å². The number of ether oxygens (including phenoxy) is 1. The molecule has 19 heavy (non-hydrogen) atoms. The summed E-state index contributed by atoms with van der Waals surface area (Å²) in [4.78, 5) is 0. The third-order valence-electron chi connectivity index (χ3n) is 2.23. The van der Waals surface area contributed by atoms with E-state index in [4.69, 9.17) is 23.6 Å². The number of halogens is 7. The summed E-state index contributed by atoms with van der Waals surface area (Å²) in [6, 6.07) is 4.95. The van der Waals surface area contributed by atoms with Crippen LogP contribution in [-0.2, 0) is 0 Å². The zero-order valence-corrected chi connectivity index (χ0v) is 10.9. The molecular formula is C10H8Cl2F5NO. The van der Waals surface area contributed by atoms with Crippen LogP contribution >= 0.6 is 23.6 Å². The Morgan fingerprint density at radius 1 is 1.05 bits per heavy atom. The molecule has 0 spiro atoms. The van der Waals surface area contributed by atoms with Crippen molar-refractivity contribution in [3.8, 4) is 5.75 Å². The Hall–Kier alpha value is -0.950. The number of hydrogen-bond donors (Lipinski definition) is 0. The van der Waals surface area contributed by atoms with E-state index in [1.165, 1.54) is 24.3 Å². The van der Waals surface area contributed by atoms with Gasteiger partial charge in [-0.3, -0.25) is 0 Å². The van der Waals surface area contributed by atoms with E-state index in [1.807, 2.05) is 0 Å². The van der Waals surface area contributed by atoms with E-state index in [9.17, 15) is 22.0 Å². The van der Waals surface area contributed by atoms with Crippen LogP contribution in [0.15, 0.2) is 24.3 Å². The van der Waals surface area contributed by atoms with Gasteiger partial charge in [-0.15, -0.1) is 0 Å². The van der Waals surface area contributed by atoms with Gasteiger partial charge in [0.15, 0.2) is 6.10 Å². The fourth-order valence-electron chi connectivity index (χ4n) is 1.15. The van der Waals surface area contributed by atoms with Gasteiger partial charge in [0.05, 0.1) is 5.69 Å². The summed E-state index contributed by atoms with van der Waals surface area (Å²) in [7, 11) is 0. The first kappa shape index (κ1) is 16.1. The van der Waals surface area contributed by atoms with Crippen molar-refractivity contribution in [1.82, 2.24) is 0 Å².